The molecule has 2 heterocycles. The lowest BCUT2D eigenvalue weighted by atomic mass is 9.96. The highest BCUT2D eigenvalue weighted by Crippen LogP contribution is 2.29. The standard InChI is InChI=1S/C25H24FN5O3/c1-4-31-24(33)19(11-12-27-31)17-6-5-15(2)21(13-17)28-23(32)20-14-30(3)25(34)29-22(20)16-7-9-18(26)10-8-16/h5-14,22H,4H2,1-3H3,(H,28,32)(H,29,34)/t22-/m0/s1. The summed E-state index contributed by atoms with van der Waals surface area (Å²) >= 11 is 0. The lowest BCUT2D eigenvalue weighted by molar-refractivity contribution is -0.113. The molecule has 174 valence electrons. The van der Waals surface area contributed by atoms with Crippen molar-refractivity contribution in [2.45, 2.75) is 26.4 Å². The molecule has 1 atom stereocenters. The lowest BCUT2D eigenvalue weighted by Gasteiger charge is -2.30. The molecule has 8 nitrogen and oxygen atoms in total. The minimum absolute atomic E-state index is 0.221. The third-order valence-corrected chi connectivity index (χ3v) is 5.71. The maximum Gasteiger partial charge on any atom is 0.321 e. The Hall–Kier alpha value is -4.27. The van der Waals surface area contributed by atoms with E-state index in [1.807, 2.05) is 26.0 Å². The van der Waals surface area contributed by atoms with Crippen LogP contribution in [0.4, 0.5) is 14.9 Å². The van der Waals surface area contributed by atoms with Gasteiger partial charge in [-0.25, -0.2) is 13.9 Å². The lowest BCUT2D eigenvalue weighted by Crippen LogP contribution is -2.44. The van der Waals surface area contributed by atoms with Crippen LogP contribution >= 0.6 is 0 Å². The van der Waals surface area contributed by atoms with Crippen molar-refractivity contribution in [1.29, 1.82) is 0 Å². The zero-order valence-corrected chi connectivity index (χ0v) is 19.0. The van der Waals surface area contributed by atoms with Crippen LogP contribution in [0.15, 0.2) is 71.3 Å². The van der Waals surface area contributed by atoms with Gasteiger partial charge in [0, 0.05) is 31.7 Å². The number of anilines is 1. The topological polar surface area (TPSA) is 96.3 Å². The van der Waals surface area contributed by atoms with Gasteiger partial charge < -0.3 is 15.5 Å². The SMILES string of the molecule is CCn1nccc(-c2ccc(C)c(NC(=O)C3=CN(C)C(=O)N[C@H]3c3ccc(F)cc3)c2)c1=O. The number of halogens is 1. The van der Waals surface area contributed by atoms with Gasteiger partial charge in [-0.2, -0.15) is 5.10 Å². The van der Waals surface area contributed by atoms with Crippen LogP contribution in [0.25, 0.3) is 11.1 Å². The average Bonchev–Trinajstić information content (AvgIpc) is 2.82. The maximum atomic E-state index is 13.4. The summed E-state index contributed by atoms with van der Waals surface area (Å²) in [5.74, 6) is -0.842. The fraction of sp³-hybridized carbons (Fsp3) is 0.200. The summed E-state index contributed by atoms with van der Waals surface area (Å²) < 4.78 is 14.8. The molecule has 34 heavy (non-hydrogen) atoms. The molecule has 3 aromatic rings. The molecule has 2 aromatic carbocycles. The van der Waals surface area contributed by atoms with Crippen LogP contribution in [-0.2, 0) is 11.3 Å². The van der Waals surface area contributed by atoms with Gasteiger partial charge in [0.25, 0.3) is 11.5 Å². The highest BCUT2D eigenvalue weighted by atomic mass is 19.1. The first-order valence-corrected chi connectivity index (χ1v) is 10.8. The number of hydrogen-bond acceptors (Lipinski definition) is 4. The van der Waals surface area contributed by atoms with Crippen molar-refractivity contribution in [3.05, 3.63) is 93.8 Å². The molecule has 0 saturated carbocycles. The van der Waals surface area contributed by atoms with Gasteiger partial charge in [-0.05, 0) is 54.8 Å². The van der Waals surface area contributed by atoms with E-state index in [2.05, 4.69) is 15.7 Å². The number of nitrogens with zero attached hydrogens (tertiary/aromatic N) is 3. The van der Waals surface area contributed by atoms with Crippen molar-refractivity contribution in [1.82, 2.24) is 20.0 Å². The molecule has 0 radical (unpaired) electrons. The Labute approximate surface area is 195 Å². The van der Waals surface area contributed by atoms with E-state index in [1.54, 1.807) is 18.3 Å². The highest BCUT2D eigenvalue weighted by Gasteiger charge is 2.30. The van der Waals surface area contributed by atoms with Crippen molar-refractivity contribution in [2.75, 3.05) is 12.4 Å². The van der Waals surface area contributed by atoms with Crippen LogP contribution < -0.4 is 16.2 Å². The molecule has 0 saturated heterocycles. The number of nitrogens with one attached hydrogen (secondary N) is 2. The van der Waals surface area contributed by atoms with Gasteiger partial charge in [0.15, 0.2) is 0 Å². The number of benzene rings is 2. The van der Waals surface area contributed by atoms with Crippen molar-refractivity contribution >= 4 is 17.6 Å². The molecule has 0 aliphatic carbocycles. The zero-order valence-electron chi connectivity index (χ0n) is 19.0. The highest BCUT2D eigenvalue weighted by molar-refractivity contribution is 6.06. The van der Waals surface area contributed by atoms with Crippen molar-refractivity contribution < 1.29 is 14.0 Å². The largest absolute Gasteiger partial charge is 0.327 e. The summed E-state index contributed by atoms with van der Waals surface area (Å²) in [4.78, 5) is 39.5. The van der Waals surface area contributed by atoms with Gasteiger partial charge in [-0.15, -0.1) is 0 Å². The van der Waals surface area contributed by atoms with E-state index < -0.39 is 17.8 Å². The third-order valence-electron chi connectivity index (χ3n) is 5.71. The van der Waals surface area contributed by atoms with Crippen LogP contribution in [0, 0.1) is 12.7 Å². The molecule has 9 heteroatoms. The molecule has 0 spiro atoms. The molecule has 2 N–H and O–H groups in total. The number of rotatable bonds is 5. The molecule has 0 fully saturated rings. The summed E-state index contributed by atoms with van der Waals surface area (Å²) in [6.45, 7) is 4.13. The first kappa shape index (κ1) is 22.9. The number of amides is 3. The van der Waals surface area contributed by atoms with Gasteiger partial charge in [0.2, 0.25) is 0 Å². The Morgan fingerprint density at radius 1 is 1.15 bits per heavy atom. The molecule has 4 rings (SSSR count). The van der Waals surface area contributed by atoms with Crippen LogP contribution in [0.3, 0.4) is 0 Å². The summed E-state index contributed by atoms with van der Waals surface area (Å²) in [6, 6.07) is 11.5. The zero-order chi connectivity index (χ0) is 24.4. The van der Waals surface area contributed by atoms with E-state index in [-0.39, 0.29) is 17.2 Å². The molecule has 0 bridgehead atoms. The van der Waals surface area contributed by atoms with Gasteiger partial charge in [0.1, 0.15) is 5.82 Å². The van der Waals surface area contributed by atoms with E-state index in [9.17, 15) is 18.8 Å². The Kier molecular flexibility index (Phi) is 6.27. The van der Waals surface area contributed by atoms with E-state index in [0.717, 1.165) is 5.56 Å². The number of aromatic nitrogens is 2. The number of carbonyl (C=O) groups is 2. The second-order valence-electron chi connectivity index (χ2n) is 7.98. The smallest absolute Gasteiger partial charge is 0.321 e. The maximum absolute atomic E-state index is 13.4. The summed E-state index contributed by atoms with van der Waals surface area (Å²) in [7, 11) is 1.54. The van der Waals surface area contributed by atoms with E-state index in [0.29, 0.717) is 28.9 Å². The second-order valence-corrected chi connectivity index (χ2v) is 7.98. The van der Waals surface area contributed by atoms with E-state index >= 15 is 0 Å². The predicted molar refractivity (Wildman–Crippen MR) is 126 cm³/mol. The number of urea groups is 1. The molecule has 0 unspecified atom stereocenters. The fourth-order valence-corrected chi connectivity index (χ4v) is 3.77. The van der Waals surface area contributed by atoms with Gasteiger partial charge >= 0.3 is 6.03 Å². The molecule has 1 aliphatic rings. The number of hydrogen-bond donors (Lipinski definition) is 2. The van der Waals surface area contributed by atoms with Gasteiger partial charge in [-0.1, -0.05) is 24.3 Å². The van der Waals surface area contributed by atoms with Crippen molar-refractivity contribution in [3.8, 4) is 11.1 Å². The number of aryl methyl sites for hydroxylation is 2. The van der Waals surface area contributed by atoms with E-state index in [4.69, 9.17) is 0 Å². The first-order chi connectivity index (χ1) is 16.3. The average molecular weight is 461 g/mol. The third kappa shape index (κ3) is 4.45. The van der Waals surface area contributed by atoms with Crippen molar-refractivity contribution in [3.63, 3.8) is 0 Å². The quantitative estimate of drug-likeness (QED) is 0.607. The van der Waals surface area contributed by atoms with E-state index in [1.165, 1.54) is 47.1 Å². The van der Waals surface area contributed by atoms with Crippen LogP contribution in [0.1, 0.15) is 24.1 Å². The fourth-order valence-electron chi connectivity index (χ4n) is 3.77. The Morgan fingerprint density at radius 2 is 1.88 bits per heavy atom. The summed E-state index contributed by atoms with van der Waals surface area (Å²) in [5, 5.41) is 9.73. The summed E-state index contributed by atoms with van der Waals surface area (Å²) in [5.41, 5.74) is 3.09. The van der Waals surface area contributed by atoms with Gasteiger partial charge in [-0.3, -0.25) is 9.59 Å². The van der Waals surface area contributed by atoms with Crippen LogP contribution in [-0.4, -0.2) is 33.7 Å². The van der Waals surface area contributed by atoms with Crippen molar-refractivity contribution in [2.24, 2.45) is 0 Å². The van der Waals surface area contributed by atoms with Crippen LogP contribution in [0.2, 0.25) is 0 Å². The van der Waals surface area contributed by atoms with Gasteiger partial charge in [0.05, 0.1) is 17.2 Å². The molecule has 1 aliphatic heterocycles. The normalized spacial score (nSPS) is 15.5. The molecular formula is C25H24FN5O3. The first-order valence-electron chi connectivity index (χ1n) is 10.8. The monoisotopic (exact) mass is 461 g/mol. The Morgan fingerprint density at radius 3 is 2.59 bits per heavy atom. The minimum atomic E-state index is -0.746. The minimum Gasteiger partial charge on any atom is -0.327 e. The Bertz CT molecular complexity index is 1350. The number of carbonyl (C=O) groups excluding carboxylic acids is 2. The molecule has 1 aromatic heterocycles. The molecular weight excluding hydrogens is 437 g/mol. The summed E-state index contributed by atoms with van der Waals surface area (Å²) in [6.07, 6.45) is 3.03. The predicted octanol–water partition coefficient (Wildman–Crippen LogP) is 3.60. The second kappa shape index (κ2) is 9.30. The Balaban J connectivity index is 1.68. The molecule has 3 amide bonds. The van der Waals surface area contributed by atoms with Crippen LogP contribution in [0.5, 0.6) is 0 Å².